The molecule has 1 amide bonds. The molecule has 0 rings (SSSR count). The van der Waals surface area contributed by atoms with Crippen molar-refractivity contribution in [1.82, 2.24) is 5.32 Å². The molecule has 5 nitrogen and oxygen atoms in total. The van der Waals surface area contributed by atoms with Gasteiger partial charge in [0, 0.05) is 0 Å². The Hall–Kier alpha value is -0.301. The molecule has 2 atom stereocenters. The quantitative estimate of drug-likeness (QED) is 0.344. The van der Waals surface area contributed by atoms with E-state index in [0.29, 0.717) is 0 Å². The molecule has 0 unspecified atom stereocenters. The van der Waals surface area contributed by atoms with Gasteiger partial charge in [-0.25, -0.2) is 0 Å². The molecule has 0 aromatic rings. The zero-order valence-electron chi connectivity index (χ0n) is 17.7. The molecule has 0 spiro atoms. The molecule has 0 radical (unpaired) electrons. The fourth-order valence-electron chi connectivity index (χ4n) is 3.20. The zero-order valence-corrected chi connectivity index (χ0v) is 20.6. The number of carbonyl (C=O) groups excluding carboxylic acids is 2. The third kappa shape index (κ3) is 9.58. The second-order valence-electron chi connectivity index (χ2n) is 7.55. The van der Waals surface area contributed by atoms with Crippen LogP contribution in [0.4, 0.5) is 0 Å². The molecule has 0 aliphatic heterocycles. The van der Waals surface area contributed by atoms with Crippen LogP contribution in [0, 0.1) is 5.92 Å². The molecule has 0 aromatic carbocycles. The van der Waals surface area contributed by atoms with Gasteiger partial charge < -0.3 is 0 Å². The summed E-state index contributed by atoms with van der Waals surface area (Å²) in [5.74, 6) is -0.450. The van der Waals surface area contributed by atoms with Crippen LogP contribution in [0.5, 0.6) is 0 Å². The maximum absolute atomic E-state index is 13.1. The monoisotopic (exact) mass is 478 g/mol. The van der Waals surface area contributed by atoms with Gasteiger partial charge >= 0.3 is 166 Å². The van der Waals surface area contributed by atoms with Crippen molar-refractivity contribution in [1.29, 1.82) is 0 Å². The first-order chi connectivity index (χ1) is 12.4. The summed E-state index contributed by atoms with van der Waals surface area (Å²) in [7, 11) is 0. The topological polar surface area (TPSA) is 81.4 Å². The number of hydrogen-bond acceptors (Lipinski definition) is 4. The van der Waals surface area contributed by atoms with Crippen molar-refractivity contribution in [3.8, 4) is 0 Å². The van der Waals surface area contributed by atoms with Crippen molar-refractivity contribution in [3.05, 3.63) is 0 Å². The first-order valence-corrected chi connectivity index (χ1v) is 17.8. The second kappa shape index (κ2) is 14.7. The van der Waals surface area contributed by atoms with Gasteiger partial charge in [0.05, 0.1) is 0 Å². The Bertz CT molecular complexity index is 383. The normalized spacial score (nSPS) is 13.9. The van der Waals surface area contributed by atoms with E-state index in [1.807, 2.05) is 13.8 Å². The molecule has 0 saturated heterocycles. The minimum atomic E-state index is -3.02. The van der Waals surface area contributed by atoms with Gasteiger partial charge in [0.2, 0.25) is 0 Å². The molecule has 26 heavy (non-hydrogen) atoms. The Morgan fingerprint density at radius 1 is 0.962 bits per heavy atom. The van der Waals surface area contributed by atoms with E-state index in [2.05, 4.69) is 26.1 Å². The minimum absolute atomic E-state index is 0.0468. The van der Waals surface area contributed by atoms with Crippen LogP contribution >= 0.6 is 0 Å². The number of nitrogens with two attached hydrogens (primary N) is 1. The Kier molecular flexibility index (Phi) is 14.5. The molecule has 0 aliphatic rings. The molecule has 0 aromatic heterocycles. The van der Waals surface area contributed by atoms with E-state index in [1.165, 1.54) is 0 Å². The van der Waals surface area contributed by atoms with E-state index in [0.717, 1.165) is 58.3 Å². The number of rotatable bonds is 15. The van der Waals surface area contributed by atoms with Gasteiger partial charge in [-0.1, -0.05) is 0 Å². The van der Waals surface area contributed by atoms with E-state index in [9.17, 15) is 9.59 Å². The van der Waals surface area contributed by atoms with Crippen LogP contribution in [0.3, 0.4) is 0 Å². The fraction of sp³-hybridized carbons (Fsp3) is 0.900. The summed E-state index contributed by atoms with van der Waals surface area (Å²) < 4.78 is 9.71. The number of nitrogens with one attached hydrogen (secondary N) is 1. The van der Waals surface area contributed by atoms with Crippen molar-refractivity contribution in [2.75, 3.05) is 6.54 Å². The summed E-state index contributed by atoms with van der Waals surface area (Å²) in [5.41, 5.74) is 5.44. The Balaban J connectivity index is 5.41. The Morgan fingerprint density at radius 2 is 1.42 bits per heavy atom. The van der Waals surface area contributed by atoms with Gasteiger partial charge in [-0.2, -0.15) is 0 Å². The summed E-state index contributed by atoms with van der Waals surface area (Å²) in [5, 5.41) is 2.80. The van der Waals surface area contributed by atoms with E-state index >= 15 is 0 Å². The standard InChI is InChI=1S/C8H16N2O3.3C4H9.Sn/c1-3-5(2)7(8(12)13)10-6(11)4-9;3*1-3-4-2;/h5,7H,3-4,9H2,1-2H3,(H,10,11)(H,12,13);3*1,3-4H2,2H3;/q;;;;+1/p-1/t5-,7-;;;;/m0..../s1. The molecule has 154 valence electrons. The van der Waals surface area contributed by atoms with E-state index in [1.54, 1.807) is 0 Å². The van der Waals surface area contributed by atoms with Crippen LogP contribution in [0.2, 0.25) is 13.3 Å². The number of hydrogen-bond donors (Lipinski definition) is 2. The van der Waals surface area contributed by atoms with Crippen LogP contribution in [-0.4, -0.2) is 43.3 Å². The average Bonchev–Trinajstić information content (AvgIpc) is 2.65. The van der Waals surface area contributed by atoms with Gasteiger partial charge in [0.15, 0.2) is 0 Å². The van der Waals surface area contributed by atoms with Crippen molar-refractivity contribution >= 4 is 30.7 Å². The maximum atomic E-state index is 13.1. The van der Waals surface area contributed by atoms with Gasteiger partial charge in [0.1, 0.15) is 0 Å². The fourth-order valence-corrected chi connectivity index (χ4v) is 16.3. The van der Waals surface area contributed by atoms with Crippen molar-refractivity contribution in [2.45, 2.75) is 98.9 Å². The zero-order chi connectivity index (χ0) is 20.0. The molecule has 3 N–H and O–H groups in total. The van der Waals surface area contributed by atoms with Crippen LogP contribution < -0.4 is 11.1 Å². The predicted octanol–water partition coefficient (Wildman–Crippen LogP) is 4.37. The summed E-state index contributed by atoms with van der Waals surface area (Å²) in [6.07, 6.45) is 7.62. The third-order valence-electron chi connectivity index (χ3n) is 5.24. The molecule has 0 saturated carbocycles. The first kappa shape index (κ1) is 25.7. The number of carbonyl (C=O) groups is 2. The third-order valence-corrected chi connectivity index (χ3v) is 17.9. The molecule has 6 heteroatoms. The van der Waals surface area contributed by atoms with E-state index in [-0.39, 0.29) is 24.3 Å². The van der Waals surface area contributed by atoms with Crippen molar-refractivity contribution in [2.24, 2.45) is 11.7 Å². The van der Waals surface area contributed by atoms with Crippen molar-refractivity contribution < 1.29 is 12.7 Å². The predicted molar refractivity (Wildman–Crippen MR) is 111 cm³/mol. The molecule has 0 aliphatic carbocycles. The Labute approximate surface area is 165 Å². The van der Waals surface area contributed by atoms with Gasteiger partial charge in [-0.05, 0) is 0 Å². The van der Waals surface area contributed by atoms with Crippen molar-refractivity contribution in [3.63, 3.8) is 0 Å². The van der Waals surface area contributed by atoms with Crippen LogP contribution in [0.1, 0.15) is 79.6 Å². The Morgan fingerprint density at radius 3 is 1.77 bits per heavy atom. The van der Waals surface area contributed by atoms with Crippen LogP contribution in [0.15, 0.2) is 0 Å². The second-order valence-corrected chi connectivity index (χ2v) is 19.2. The molecule has 0 heterocycles. The van der Waals surface area contributed by atoms with Crippen LogP contribution in [-0.2, 0) is 12.7 Å². The van der Waals surface area contributed by atoms with E-state index < -0.39 is 24.8 Å². The summed E-state index contributed by atoms with van der Waals surface area (Å²) in [6, 6.07) is -0.572. The summed E-state index contributed by atoms with van der Waals surface area (Å²) in [4.78, 5) is 24.9. The summed E-state index contributed by atoms with van der Waals surface area (Å²) >= 11 is -3.02. The number of unbranched alkanes of at least 4 members (excludes halogenated alkanes) is 3. The average molecular weight is 477 g/mol. The molecular formula is C20H42N2O3Sn. The summed E-state index contributed by atoms with van der Waals surface area (Å²) in [6.45, 7) is 10.5. The molecule has 0 fully saturated rings. The van der Waals surface area contributed by atoms with Gasteiger partial charge in [0.25, 0.3) is 0 Å². The number of amides is 1. The van der Waals surface area contributed by atoms with E-state index in [4.69, 9.17) is 8.81 Å². The first-order valence-electron chi connectivity index (χ1n) is 10.6. The van der Waals surface area contributed by atoms with Crippen LogP contribution in [0.25, 0.3) is 0 Å². The van der Waals surface area contributed by atoms with Gasteiger partial charge in [-0.3, -0.25) is 0 Å². The molecular weight excluding hydrogens is 435 g/mol. The SMILES string of the molecule is CCC[CH2][Sn]([CH2]CCC)([CH2]CCC)[O]C(=O)[C@@H](NC(=O)CN)[C@@H](C)CC. The van der Waals surface area contributed by atoms with Gasteiger partial charge in [-0.15, -0.1) is 0 Å². The molecule has 0 bridgehead atoms.